The summed E-state index contributed by atoms with van der Waals surface area (Å²) in [5, 5.41) is 9.19. The zero-order chi connectivity index (χ0) is 42.4. The second-order valence-electron chi connectivity index (χ2n) is 17.9. The van der Waals surface area contributed by atoms with E-state index in [0.717, 1.165) is 21.7 Å². The summed E-state index contributed by atoms with van der Waals surface area (Å²) in [5.74, 6) is -0.715. The molecule has 3 heterocycles. The molecule has 14 nitrogen and oxygen atoms in total. The average Bonchev–Trinajstić information content (AvgIpc) is 4.04. The predicted molar refractivity (Wildman–Crippen MR) is 232 cm³/mol. The Balaban J connectivity index is 0.00000282. The van der Waals surface area contributed by atoms with E-state index in [-0.39, 0.29) is 46.2 Å². The molecule has 7 rings (SSSR count). The topological polar surface area (TPSA) is 192 Å². The first-order valence-corrected chi connectivity index (χ1v) is 23.0. The number of rotatable bonds is 16. The van der Waals surface area contributed by atoms with Gasteiger partial charge in [0.15, 0.2) is 5.78 Å². The molecule has 3 N–H and O–H groups in total. The zero-order valence-electron chi connectivity index (χ0n) is 35.1. The number of carbonyl (C=O) groups excluding carboxylic acids is 3. The lowest BCUT2D eigenvalue weighted by molar-refractivity contribution is -0.134. The van der Waals surface area contributed by atoms with E-state index >= 15 is 0 Å². The highest BCUT2D eigenvalue weighted by Gasteiger charge is 2.61. The molecule has 0 bridgehead atoms. The van der Waals surface area contributed by atoms with Crippen molar-refractivity contribution in [2.45, 2.75) is 129 Å². The van der Waals surface area contributed by atoms with Crippen LogP contribution in [0.2, 0.25) is 0 Å². The molecule has 324 valence electrons. The van der Waals surface area contributed by atoms with E-state index in [1.165, 1.54) is 23.8 Å². The van der Waals surface area contributed by atoms with Crippen molar-refractivity contribution < 1.29 is 41.0 Å². The summed E-state index contributed by atoms with van der Waals surface area (Å²) in [6.45, 7) is 14.0. The van der Waals surface area contributed by atoms with Crippen LogP contribution >= 0.6 is 11.3 Å². The second kappa shape index (κ2) is 16.5. The van der Waals surface area contributed by atoms with Gasteiger partial charge in [-0.25, -0.2) is 23.4 Å². The van der Waals surface area contributed by atoms with E-state index in [9.17, 15) is 22.8 Å². The van der Waals surface area contributed by atoms with E-state index in [1.54, 1.807) is 7.11 Å². The van der Waals surface area contributed by atoms with E-state index in [1.807, 2.05) is 58.2 Å². The van der Waals surface area contributed by atoms with E-state index in [0.29, 0.717) is 67.7 Å². The molecule has 0 saturated heterocycles. The second-order valence-corrected chi connectivity index (χ2v) is 20.8. The Morgan fingerprint density at radius 1 is 1.10 bits per heavy atom. The van der Waals surface area contributed by atoms with Crippen LogP contribution in [0.25, 0.3) is 21.6 Å². The molecular weight excluding hydrogens is 793 g/mol. The van der Waals surface area contributed by atoms with Crippen LogP contribution in [0.15, 0.2) is 40.5 Å². The number of anilines is 1. The Morgan fingerprint density at radius 2 is 1.86 bits per heavy atom. The van der Waals surface area contributed by atoms with Gasteiger partial charge in [-0.15, -0.1) is 11.3 Å². The third kappa shape index (κ3) is 9.13. The van der Waals surface area contributed by atoms with Crippen molar-refractivity contribution in [3.05, 3.63) is 47.3 Å². The van der Waals surface area contributed by atoms with E-state index in [4.69, 9.17) is 23.9 Å². The summed E-state index contributed by atoms with van der Waals surface area (Å²) < 4.78 is 46.0. The number of hydrogen-bond donors (Lipinski definition) is 3. The molecule has 0 radical (unpaired) electrons. The Bertz CT molecular complexity index is 2330. The van der Waals surface area contributed by atoms with Gasteiger partial charge < -0.3 is 24.5 Å². The summed E-state index contributed by atoms with van der Waals surface area (Å²) >= 11 is 1.51. The Kier molecular flexibility index (Phi) is 11.9. The van der Waals surface area contributed by atoms with Crippen molar-refractivity contribution in [3.63, 3.8) is 0 Å². The van der Waals surface area contributed by atoms with Crippen molar-refractivity contribution >= 4 is 55.9 Å². The Hall–Kier alpha value is -4.57. The average molecular weight is 855 g/mol. The number of aromatic nitrogens is 3. The largest absolute Gasteiger partial charge is 0.496 e. The van der Waals surface area contributed by atoms with Crippen molar-refractivity contribution in [2.75, 3.05) is 12.4 Å². The number of benzene rings is 1. The molecule has 59 heavy (non-hydrogen) atoms. The summed E-state index contributed by atoms with van der Waals surface area (Å²) in [6.07, 6.45) is 5.73. The van der Waals surface area contributed by atoms with E-state index < -0.39 is 50.2 Å². The SMILES string of the molecule is CC[C@@H]1C[C@]1(NC(=O)[C@H]1CC(CC(=O)[C@@H](Nc2ncco2)C(C)(C)C)C[C@H](Oc2cc(-c3nc(C(C)C)cs3)nc3c(C)c(OC)ccc23)C1)C(=O)NS(=O)(=O)C1CC1.[HH].[HH].[HH]. The maximum atomic E-state index is 14.4. The van der Waals surface area contributed by atoms with Crippen molar-refractivity contribution in [1.82, 2.24) is 25.0 Å². The van der Waals surface area contributed by atoms with Gasteiger partial charge in [0.2, 0.25) is 15.9 Å². The lowest BCUT2D eigenvalue weighted by Crippen LogP contribution is -2.54. The molecule has 4 aromatic rings. The molecule has 0 aliphatic heterocycles. The van der Waals surface area contributed by atoms with Gasteiger partial charge in [-0.05, 0) is 80.8 Å². The quantitative estimate of drug-likeness (QED) is 0.0984. The number of hydrogen-bond acceptors (Lipinski definition) is 13. The fraction of sp³-hybridized carbons (Fsp3) is 0.581. The van der Waals surface area contributed by atoms with Gasteiger partial charge in [-0.1, -0.05) is 48.0 Å². The molecule has 1 unspecified atom stereocenters. The molecule has 1 aromatic carbocycles. The number of ether oxygens (including phenoxy) is 2. The number of ketones is 1. The number of Topliss-reactive ketones (excluding diaryl/α,β-unsaturated/α-hetero) is 1. The van der Waals surface area contributed by atoms with Crippen molar-refractivity contribution in [2.24, 2.45) is 23.2 Å². The summed E-state index contributed by atoms with van der Waals surface area (Å²) in [4.78, 5) is 56.5. The number of fused-ring (bicyclic) bond motifs is 1. The number of nitrogens with one attached hydrogen (secondary N) is 3. The van der Waals surface area contributed by atoms with Crippen molar-refractivity contribution in [3.8, 4) is 22.2 Å². The highest BCUT2D eigenvalue weighted by atomic mass is 32.2. The number of pyridine rings is 1. The molecule has 3 saturated carbocycles. The number of methoxy groups -OCH3 is 1. The van der Waals surface area contributed by atoms with Crippen molar-refractivity contribution in [1.29, 1.82) is 0 Å². The number of sulfonamides is 1. The molecule has 3 aliphatic carbocycles. The number of oxazole rings is 1. The minimum absolute atomic E-state index is 0. The fourth-order valence-corrected chi connectivity index (χ4v) is 10.7. The first-order valence-electron chi connectivity index (χ1n) is 20.6. The lowest BCUT2D eigenvalue weighted by atomic mass is 9.74. The Labute approximate surface area is 354 Å². The highest BCUT2D eigenvalue weighted by molar-refractivity contribution is 7.91. The minimum atomic E-state index is -3.82. The maximum Gasteiger partial charge on any atom is 0.295 e. The van der Waals surface area contributed by atoms with Crippen LogP contribution in [0.1, 0.15) is 114 Å². The Morgan fingerprint density at radius 3 is 2.47 bits per heavy atom. The molecular formula is C43H62N6O8S2. The van der Waals surface area contributed by atoms with Crippen LogP contribution in [0.5, 0.6) is 11.5 Å². The molecule has 3 fully saturated rings. The van der Waals surface area contributed by atoms with Gasteiger partial charge in [0.05, 0.1) is 41.9 Å². The van der Waals surface area contributed by atoms with Crippen LogP contribution in [-0.4, -0.2) is 71.0 Å². The minimum Gasteiger partial charge on any atom is -0.496 e. The van der Waals surface area contributed by atoms with Crippen LogP contribution in [0.3, 0.4) is 0 Å². The van der Waals surface area contributed by atoms with Crippen LogP contribution in [0.4, 0.5) is 6.01 Å². The smallest absolute Gasteiger partial charge is 0.295 e. The molecule has 2 amide bonds. The highest BCUT2D eigenvalue weighted by Crippen LogP contribution is 2.48. The number of amides is 2. The molecule has 3 aromatic heterocycles. The monoisotopic (exact) mass is 854 g/mol. The van der Waals surface area contributed by atoms with Crippen LogP contribution in [-0.2, 0) is 24.4 Å². The number of carbonyl (C=O) groups is 3. The summed E-state index contributed by atoms with van der Waals surface area (Å²) in [6, 6.07) is 5.31. The van der Waals surface area contributed by atoms with Gasteiger partial charge in [0.25, 0.3) is 11.9 Å². The first-order chi connectivity index (χ1) is 27.9. The van der Waals surface area contributed by atoms with Gasteiger partial charge in [-0.2, -0.15) is 0 Å². The number of thiazole rings is 1. The molecule has 0 spiro atoms. The first kappa shape index (κ1) is 42.6. The van der Waals surface area contributed by atoms with Gasteiger partial charge >= 0.3 is 0 Å². The molecule has 16 heteroatoms. The fourth-order valence-electron chi connectivity index (χ4n) is 8.43. The normalized spacial score (nSPS) is 23.7. The van der Waals surface area contributed by atoms with Gasteiger partial charge in [0, 0.05) is 39.0 Å². The predicted octanol–water partition coefficient (Wildman–Crippen LogP) is 8.07. The molecule has 3 aliphatic rings. The summed E-state index contributed by atoms with van der Waals surface area (Å²) in [5.41, 5.74) is 1.35. The number of nitrogens with zero attached hydrogens (tertiary/aromatic N) is 3. The number of aryl methyl sites for hydroxylation is 1. The third-order valence-corrected chi connectivity index (χ3v) is 14.8. The van der Waals surface area contributed by atoms with Gasteiger partial charge in [-0.3, -0.25) is 19.1 Å². The zero-order valence-corrected chi connectivity index (χ0v) is 36.7. The standard InChI is InChI=1S/C43H56N6O8S2.3H2/c1-9-27-21-43(27,40(52)49-59(53,54)29-10-11-29)48-38(51)26-16-25(18-33(50)37(42(5,6)7)47-41-44-14-15-56-41)17-28(19-26)57-35-20-31(39-46-32(22-58-39)23(2)3)45-36-24(4)34(55-8)13-12-30(35)36;;;/h12-15,20,22-23,25-29,37H,9-11,16-19,21H2,1-8H3,(H,44,47)(H,48,51)(H,49,52);3*1H/t25?,26-,27+,28-,37+,43+;;;/m0.../s1. The van der Waals surface area contributed by atoms with Crippen LogP contribution < -0.4 is 24.8 Å². The molecule has 6 atom stereocenters. The van der Waals surface area contributed by atoms with Crippen LogP contribution in [0, 0.1) is 30.1 Å². The van der Waals surface area contributed by atoms with Gasteiger partial charge in [0.1, 0.15) is 34.0 Å². The summed E-state index contributed by atoms with van der Waals surface area (Å²) in [7, 11) is -2.20. The lowest BCUT2D eigenvalue weighted by Gasteiger charge is -2.37. The third-order valence-electron chi connectivity index (χ3n) is 12.1. The maximum absolute atomic E-state index is 14.4. The van der Waals surface area contributed by atoms with E-state index in [2.05, 4.69) is 34.2 Å².